The molecule has 0 N–H and O–H groups in total. The van der Waals surface area contributed by atoms with Crippen molar-refractivity contribution in [3.05, 3.63) is 79.1 Å². The minimum atomic E-state index is -0.499. The second kappa shape index (κ2) is 7.24. The van der Waals surface area contributed by atoms with E-state index in [1.165, 1.54) is 23.6 Å². The number of thiazole rings is 1. The number of carbonyl (C=O) groups excluding carboxylic acids is 1. The van der Waals surface area contributed by atoms with Gasteiger partial charge in [0.2, 0.25) is 4.96 Å². The van der Waals surface area contributed by atoms with E-state index in [0.717, 1.165) is 16.9 Å². The highest BCUT2D eigenvalue weighted by atomic mass is 32.1. The van der Waals surface area contributed by atoms with Crippen LogP contribution in [-0.4, -0.2) is 25.5 Å². The first-order chi connectivity index (χ1) is 13.9. The van der Waals surface area contributed by atoms with Gasteiger partial charge < -0.3 is 4.74 Å². The molecule has 0 spiro atoms. The van der Waals surface area contributed by atoms with Crippen LogP contribution in [0.15, 0.2) is 53.3 Å². The highest BCUT2D eigenvalue weighted by molar-refractivity contribution is 7.15. The van der Waals surface area contributed by atoms with Crippen molar-refractivity contribution in [3.8, 4) is 17.1 Å². The van der Waals surface area contributed by atoms with Gasteiger partial charge in [0.1, 0.15) is 5.75 Å². The number of nitrogens with zero attached hydrogens (tertiary/aromatic N) is 4. The molecule has 0 saturated heterocycles. The molecule has 0 unspecified atom stereocenters. The van der Waals surface area contributed by atoms with Crippen LogP contribution in [-0.2, 0) is 4.79 Å². The van der Waals surface area contributed by atoms with Crippen LogP contribution in [0, 0.1) is 10.1 Å². The monoisotopic (exact) mass is 408 g/mol. The minimum Gasteiger partial charge on any atom is -0.427 e. The summed E-state index contributed by atoms with van der Waals surface area (Å²) in [5, 5.41) is 15.1. The standard InChI is InChI=1S/C19H12N4O5S/c1-11(24)28-15-7-5-12(6-8-15)9-16-18(25)22-19(29-16)20-17(21-22)13-3-2-4-14(10-13)23(26)27/h2-10H,1H3/b16-9-. The van der Waals surface area contributed by atoms with E-state index in [1.807, 2.05) is 0 Å². The van der Waals surface area contributed by atoms with Gasteiger partial charge in [-0.3, -0.25) is 19.7 Å². The maximum Gasteiger partial charge on any atom is 0.308 e. The van der Waals surface area contributed by atoms with Gasteiger partial charge in [-0.25, -0.2) is 0 Å². The molecule has 2 aromatic carbocycles. The second-order valence-corrected chi connectivity index (χ2v) is 7.02. The molecule has 0 aliphatic rings. The molecule has 9 nitrogen and oxygen atoms in total. The van der Waals surface area contributed by atoms with Gasteiger partial charge in [0.05, 0.1) is 9.46 Å². The van der Waals surface area contributed by atoms with Crippen molar-refractivity contribution in [1.82, 2.24) is 14.6 Å². The zero-order chi connectivity index (χ0) is 20.5. The van der Waals surface area contributed by atoms with Gasteiger partial charge in [0.25, 0.3) is 11.2 Å². The molecular formula is C19H12N4O5S. The number of benzene rings is 2. The van der Waals surface area contributed by atoms with Crippen LogP contribution < -0.4 is 14.8 Å². The summed E-state index contributed by atoms with van der Waals surface area (Å²) in [4.78, 5) is 38.7. The number of esters is 1. The summed E-state index contributed by atoms with van der Waals surface area (Å²) in [5.74, 6) is 0.254. The molecule has 0 saturated carbocycles. The van der Waals surface area contributed by atoms with Crippen LogP contribution in [0.25, 0.3) is 22.4 Å². The molecule has 0 radical (unpaired) electrons. The smallest absolute Gasteiger partial charge is 0.308 e. The van der Waals surface area contributed by atoms with Crippen molar-refractivity contribution < 1.29 is 14.5 Å². The molecule has 0 bridgehead atoms. The average molecular weight is 408 g/mol. The van der Waals surface area contributed by atoms with Crippen LogP contribution in [0.3, 0.4) is 0 Å². The van der Waals surface area contributed by atoms with Gasteiger partial charge in [0, 0.05) is 24.6 Å². The molecule has 29 heavy (non-hydrogen) atoms. The van der Waals surface area contributed by atoms with Crippen LogP contribution >= 0.6 is 11.3 Å². The minimum absolute atomic E-state index is 0.0748. The largest absolute Gasteiger partial charge is 0.427 e. The van der Waals surface area contributed by atoms with Crippen LogP contribution in [0.4, 0.5) is 5.69 Å². The number of non-ortho nitro benzene ring substituents is 1. The number of ether oxygens (including phenoxy) is 1. The topological polar surface area (TPSA) is 117 Å². The van der Waals surface area contributed by atoms with E-state index >= 15 is 0 Å². The van der Waals surface area contributed by atoms with Crippen LogP contribution in [0.1, 0.15) is 12.5 Å². The fourth-order valence-corrected chi connectivity index (χ4v) is 3.57. The number of nitro benzene ring substituents is 1. The Morgan fingerprint density at radius 2 is 2.00 bits per heavy atom. The van der Waals surface area contributed by atoms with E-state index in [2.05, 4.69) is 10.1 Å². The maximum atomic E-state index is 12.6. The molecule has 4 aromatic rings. The number of hydrogen-bond donors (Lipinski definition) is 0. The Bertz CT molecular complexity index is 1360. The molecule has 0 aliphatic heterocycles. The summed E-state index contributed by atoms with van der Waals surface area (Å²) < 4.78 is 6.59. The fourth-order valence-electron chi connectivity index (χ4n) is 2.66. The van der Waals surface area contributed by atoms with E-state index in [4.69, 9.17) is 4.74 Å². The Labute approximate surface area is 166 Å². The van der Waals surface area contributed by atoms with Crippen molar-refractivity contribution in [2.24, 2.45) is 0 Å². The molecule has 0 fully saturated rings. The summed E-state index contributed by atoms with van der Waals surface area (Å²) in [5.41, 5.74) is 0.801. The van der Waals surface area contributed by atoms with Gasteiger partial charge in [-0.05, 0) is 23.8 Å². The van der Waals surface area contributed by atoms with Crippen molar-refractivity contribution in [2.45, 2.75) is 6.92 Å². The molecule has 0 atom stereocenters. The lowest BCUT2D eigenvalue weighted by molar-refractivity contribution is -0.384. The van der Waals surface area contributed by atoms with E-state index in [-0.39, 0.29) is 17.1 Å². The van der Waals surface area contributed by atoms with Crippen LogP contribution in [0.2, 0.25) is 0 Å². The van der Waals surface area contributed by atoms with Gasteiger partial charge in [-0.15, -0.1) is 5.10 Å². The Morgan fingerprint density at radius 1 is 1.24 bits per heavy atom. The number of carbonyl (C=O) groups is 1. The SMILES string of the molecule is CC(=O)Oc1ccc(/C=c2\sc3nc(-c4cccc([N+](=O)[O-])c4)nn3c2=O)cc1. The Balaban J connectivity index is 1.69. The Kier molecular flexibility index (Phi) is 4.61. The van der Waals surface area contributed by atoms with Crippen molar-refractivity contribution >= 4 is 34.0 Å². The van der Waals surface area contributed by atoms with E-state index in [9.17, 15) is 19.7 Å². The molecule has 0 amide bonds. The zero-order valence-electron chi connectivity index (χ0n) is 14.9. The van der Waals surface area contributed by atoms with Gasteiger partial charge in [-0.2, -0.15) is 9.50 Å². The first kappa shape index (κ1) is 18.4. The summed E-state index contributed by atoms with van der Waals surface area (Å²) in [6, 6.07) is 12.6. The predicted molar refractivity (Wildman–Crippen MR) is 106 cm³/mol. The van der Waals surface area contributed by atoms with Crippen LogP contribution in [0.5, 0.6) is 5.75 Å². The summed E-state index contributed by atoms with van der Waals surface area (Å²) in [6.45, 7) is 1.32. The lowest BCUT2D eigenvalue weighted by atomic mass is 10.2. The van der Waals surface area contributed by atoms with Crippen molar-refractivity contribution in [1.29, 1.82) is 0 Å². The quantitative estimate of drug-likeness (QED) is 0.220. The maximum absolute atomic E-state index is 12.6. The van der Waals surface area contributed by atoms with Crippen molar-refractivity contribution in [2.75, 3.05) is 0 Å². The highest BCUT2D eigenvalue weighted by Crippen LogP contribution is 2.21. The van der Waals surface area contributed by atoms with Gasteiger partial charge >= 0.3 is 5.97 Å². The molecule has 4 rings (SSSR count). The lowest BCUT2D eigenvalue weighted by Crippen LogP contribution is -2.23. The Hall–Kier alpha value is -3.92. The lowest BCUT2D eigenvalue weighted by Gasteiger charge is -2.00. The molecule has 2 heterocycles. The predicted octanol–water partition coefficient (Wildman–Crippen LogP) is 2.20. The van der Waals surface area contributed by atoms with Crippen molar-refractivity contribution in [3.63, 3.8) is 0 Å². The number of rotatable bonds is 4. The average Bonchev–Trinajstić information content (AvgIpc) is 3.23. The highest BCUT2D eigenvalue weighted by Gasteiger charge is 2.14. The molecule has 144 valence electrons. The number of fused-ring (bicyclic) bond motifs is 1. The number of aromatic nitrogens is 3. The van der Waals surface area contributed by atoms with E-state index in [1.54, 1.807) is 42.5 Å². The third-order valence-corrected chi connectivity index (χ3v) is 4.90. The van der Waals surface area contributed by atoms with E-state index in [0.29, 0.717) is 20.8 Å². The third-order valence-electron chi connectivity index (χ3n) is 3.94. The van der Waals surface area contributed by atoms with Gasteiger partial charge in [0.15, 0.2) is 5.82 Å². The zero-order valence-corrected chi connectivity index (χ0v) is 15.8. The molecule has 10 heteroatoms. The first-order valence-electron chi connectivity index (χ1n) is 8.35. The summed E-state index contributed by atoms with van der Waals surface area (Å²) in [6.07, 6.45) is 1.69. The normalized spacial score (nSPS) is 11.7. The fraction of sp³-hybridized carbons (Fsp3) is 0.0526. The number of nitro groups is 1. The third kappa shape index (κ3) is 3.73. The van der Waals surface area contributed by atoms with E-state index < -0.39 is 10.9 Å². The molecule has 0 aliphatic carbocycles. The van der Waals surface area contributed by atoms with Gasteiger partial charge in [-0.1, -0.05) is 35.6 Å². The first-order valence-corrected chi connectivity index (χ1v) is 9.17. The molecule has 2 aromatic heterocycles. The summed E-state index contributed by atoms with van der Waals surface area (Å²) >= 11 is 1.16. The Morgan fingerprint density at radius 3 is 2.66 bits per heavy atom. The number of hydrogen-bond acceptors (Lipinski definition) is 8. The second-order valence-electron chi connectivity index (χ2n) is 6.02. The summed E-state index contributed by atoms with van der Waals surface area (Å²) in [7, 11) is 0. The molecular weight excluding hydrogens is 396 g/mol.